The molecule has 106 valence electrons. The Balaban J connectivity index is 1.74. The minimum Gasteiger partial charge on any atom is -0.376 e. The van der Waals surface area contributed by atoms with E-state index in [2.05, 4.69) is 16.4 Å². The van der Waals surface area contributed by atoms with E-state index in [9.17, 15) is 5.26 Å². The van der Waals surface area contributed by atoms with Gasteiger partial charge < -0.3 is 15.8 Å². The number of hydrogen-bond donors (Lipinski definition) is 2. The first-order chi connectivity index (χ1) is 10.3. The van der Waals surface area contributed by atoms with E-state index in [-0.39, 0.29) is 18.2 Å². The van der Waals surface area contributed by atoms with Gasteiger partial charge in [0.1, 0.15) is 6.07 Å². The molecule has 1 saturated heterocycles. The minimum atomic E-state index is 0.0652. The number of hydrogen-bond acceptors (Lipinski definition) is 5. The van der Waals surface area contributed by atoms with E-state index in [4.69, 9.17) is 10.5 Å². The van der Waals surface area contributed by atoms with E-state index >= 15 is 0 Å². The molecule has 0 spiro atoms. The smallest absolute Gasteiger partial charge is 0.103 e. The number of anilines is 1. The summed E-state index contributed by atoms with van der Waals surface area (Å²) in [5.41, 5.74) is 8.48. The van der Waals surface area contributed by atoms with Gasteiger partial charge in [-0.3, -0.25) is 4.98 Å². The number of nitrogens with one attached hydrogen (secondary N) is 1. The molecule has 0 amide bonds. The lowest BCUT2D eigenvalue weighted by molar-refractivity contribution is 0.00542. The number of nitrogens with zero attached hydrogens (tertiary/aromatic N) is 2. The Labute approximate surface area is 122 Å². The Morgan fingerprint density at radius 1 is 1.38 bits per heavy atom. The summed E-state index contributed by atoms with van der Waals surface area (Å²) in [5, 5.41) is 13.7. The molecule has 0 bridgehead atoms. The molecule has 21 heavy (non-hydrogen) atoms. The van der Waals surface area contributed by atoms with Gasteiger partial charge in [-0.05, 0) is 12.5 Å². The molecule has 1 aliphatic carbocycles. The van der Waals surface area contributed by atoms with Crippen molar-refractivity contribution >= 4 is 16.6 Å². The molecule has 1 aliphatic heterocycles. The number of pyridine rings is 1. The highest BCUT2D eigenvalue weighted by Crippen LogP contribution is 2.40. The predicted octanol–water partition coefficient (Wildman–Crippen LogP) is 1.63. The second kappa shape index (κ2) is 4.69. The van der Waals surface area contributed by atoms with Crippen LogP contribution in [0.4, 0.5) is 5.69 Å². The fourth-order valence-corrected chi connectivity index (χ4v) is 3.48. The van der Waals surface area contributed by atoms with Crippen molar-refractivity contribution in [2.24, 2.45) is 11.7 Å². The van der Waals surface area contributed by atoms with Crippen molar-refractivity contribution < 1.29 is 4.74 Å². The Morgan fingerprint density at radius 3 is 3.10 bits per heavy atom. The first-order valence-corrected chi connectivity index (χ1v) is 7.21. The quantitative estimate of drug-likeness (QED) is 0.873. The molecule has 2 fully saturated rings. The summed E-state index contributed by atoms with van der Waals surface area (Å²) in [5.74, 6) is 0.445. The SMILES string of the molecule is N#Cc1cnc2ccccc2c1NC1C(N)C2CCOC21. The van der Waals surface area contributed by atoms with Gasteiger partial charge in [0.2, 0.25) is 0 Å². The Kier molecular flexibility index (Phi) is 2.81. The van der Waals surface area contributed by atoms with Crippen LogP contribution >= 0.6 is 0 Å². The molecule has 5 nitrogen and oxygen atoms in total. The maximum atomic E-state index is 9.34. The second-order valence-electron chi connectivity index (χ2n) is 5.71. The van der Waals surface area contributed by atoms with Crippen molar-refractivity contribution in [3.8, 4) is 6.07 Å². The number of benzene rings is 1. The molecular formula is C16H16N4O. The summed E-state index contributed by atoms with van der Waals surface area (Å²) >= 11 is 0. The van der Waals surface area contributed by atoms with Gasteiger partial charge in [0, 0.05) is 30.1 Å². The number of aromatic nitrogens is 1. The highest BCUT2D eigenvalue weighted by atomic mass is 16.5. The van der Waals surface area contributed by atoms with Gasteiger partial charge in [-0.1, -0.05) is 18.2 Å². The summed E-state index contributed by atoms with van der Waals surface area (Å²) in [6.07, 6.45) is 2.81. The molecule has 1 saturated carbocycles. The summed E-state index contributed by atoms with van der Waals surface area (Å²) in [6.45, 7) is 0.781. The van der Waals surface area contributed by atoms with Crippen molar-refractivity contribution in [3.05, 3.63) is 36.0 Å². The molecule has 0 radical (unpaired) electrons. The van der Waals surface area contributed by atoms with E-state index in [0.29, 0.717) is 11.5 Å². The third-order valence-corrected chi connectivity index (χ3v) is 4.65. The molecule has 3 N–H and O–H groups in total. The highest BCUT2D eigenvalue weighted by Gasteiger charge is 2.52. The molecule has 4 atom stereocenters. The van der Waals surface area contributed by atoms with Crippen LogP contribution in [-0.2, 0) is 4.74 Å². The van der Waals surface area contributed by atoms with Crippen molar-refractivity contribution in [1.82, 2.24) is 4.98 Å². The number of para-hydroxylation sites is 1. The standard InChI is InChI=1S/C16H16N4O/c17-7-9-8-19-12-4-2-1-3-10(12)14(9)20-15-13(18)11-5-6-21-16(11)15/h1-4,8,11,13,15-16H,5-6,18H2,(H,19,20). The van der Waals surface area contributed by atoms with Gasteiger partial charge in [-0.2, -0.15) is 5.26 Å². The fourth-order valence-electron chi connectivity index (χ4n) is 3.48. The van der Waals surface area contributed by atoms with Crippen molar-refractivity contribution in [2.45, 2.75) is 24.6 Å². The van der Waals surface area contributed by atoms with Gasteiger partial charge in [0.25, 0.3) is 0 Å². The summed E-state index contributed by atoms with van der Waals surface area (Å²) in [7, 11) is 0. The summed E-state index contributed by atoms with van der Waals surface area (Å²) in [6, 6.07) is 10.2. The fraction of sp³-hybridized carbons (Fsp3) is 0.375. The molecule has 2 aliphatic rings. The molecule has 1 aromatic heterocycles. The number of ether oxygens (including phenoxy) is 1. The summed E-state index contributed by atoms with van der Waals surface area (Å²) < 4.78 is 5.75. The van der Waals surface area contributed by atoms with Crippen LogP contribution in [0, 0.1) is 17.2 Å². The molecule has 2 heterocycles. The van der Waals surface area contributed by atoms with Crippen LogP contribution < -0.4 is 11.1 Å². The molecule has 2 aromatic rings. The number of nitrogens with two attached hydrogens (primary N) is 1. The lowest BCUT2D eigenvalue weighted by Crippen LogP contribution is -2.65. The zero-order chi connectivity index (χ0) is 14.4. The average Bonchev–Trinajstić information content (AvgIpc) is 2.97. The minimum absolute atomic E-state index is 0.0652. The molecular weight excluding hydrogens is 264 g/mol. The zero-order valence-electron chi connectivity index (χ0n) is 11.5. The van der Waals surface area contributed by atoms with Gasteiger partial charge in [0.15, 0.2) is 0 Å². The monoisotopic (exact) mass is 280 g/mol. The summed E-state index contributed by atoms with van der Waals surface area (Å²) in [4.78, 5) is 4.32. The third-order valence-electron chi connectivity index (χ3n) is 4.65. The first kappa shape index (κ1) is 12.6. The predicted molar refractivity (Wildman–Crippen MR) is 79.7 cm³/mol. The van der Waals surface area contributed by atoms with Crippen molar-refractivity contribution in [2.75, 3.05) is 11.9 Å². The molecule has 4 rings (SSSR count). The van der Waals surface area contributed by atoms with E-state index in [0.717, 1.165) is 29.6 Å². The van der Waals surface area contributed by atoms with E-state index in [1.54, 1.807) is 6.20 Å². The number of fused-ring (bicyclic) bond motifs is 2. The Morgan fingerprint density at radius 2 is 2.24 bits per heavy atom. The van der Waals surface area contributed by atoms with E-state index in [1.807, 2.05) is 24.3 Å². The lowest BCUT2D eigenvalue weighted by atomic mass is 9.72. The van der Waals surface area contributed by atoms with Gasteiger partial charge in [-0.15, -0.1) is 0 Å². The van der Waals surface area contributed by atoms with E-state index < -0.39 is 0 Å². The highest BCUT2D eigenvalue weighted by molar-refractivity contribution is 5.94. The van der Waals surface area contributed by atoms with Crippen LogP contribution in [0.2, 0.25) is 0 Å². The topological polar surface area (TPSA) is 84.0 Å². The normalized spacial score (nSPS) is 30.5. The van der Waals surface area contributed by atoms with Gasteiger partial charge in [0.05, 0.1) is 28.9 Å². The number of nitriles is 1. The largest absolute Gasteiger partial charge is 0.376 e. The van der Waals surface area contributed by atoms with Gasteiger partial charge in [-0.25, -0.2) is 0 Å². The molecule has 4 unspecified atom stereocenters. The Hall–Kier alpha value is -2.16. The zero-order valence-corrected chi connectivity index (χ0v) is 11.5. The van der Waals surface area contributed by atoms with E-state index in [1.165, 1.54) is 0 Å². The van der Waals surface area contributed by atoms with Crippen LogP contribution in [0.1, 0.15) is 12.0 Å². The van der Waals surface area contributed by atoms with Crippen LogP contribution in [0.3, 0.4) is 0 Å². The lowest BCUT2D eigenvalue weighted by Gasteiger charge is -2.46. The van der Waals surface area contributed by atoms with Crippen LogP contribution in [0.25, 0.3) is 10.9 Å². The number of rotatable bonds is 2. The maximum absolute atomic E-state index is 9.34. The average molecular weight is 280 g/mol. The van der Waals surface area contributed by atoms with Crippen LogP contribution in [0.5, 0.6) is 0 Å². The first-order valence-electron chi connectivity index (χ1n) is 7.21. The van der Waals surface area contributed by atoms with Crippen LogP contribution in [-0.4, -0.2) is 29.8 Å². The molecule has 1 aromatic carbocycles. The maximum Gasteiger partial charge on any atom is 0.103 e. The third kappa shape index (κ3) is 1.80. The van der Waals surface area contributed by atoms with Crippen molar-refractivity contribution in [3.63, 3.8) is 0 Å². The van der Waals surface area contributed by atoms with Gasteiger partial charge >= 0.3 is 0 Å². The van der Waals surface area contributed by atoms with Crippen LogP contribution in [0.15, 0.2) is 30.5 Å². The second-order valence-corrected chi connectivity index (χ2v) is 5.71. The Bertz CT molecular complexity index is 739. The molecule has 5 heteroatoms. The van der Waals surface area contributed by atoms with Crippen molar-refractivity contribution in [1.29, 1.82) is 5.26 Å².